The van der Waals surface area contributed by atoms with Gasteiger partial charge in [0.2, 0.25) is 0 Å². The fraction of sp³-hybridized carbons (Fsp3) is 0.571. The lowest BCUT2D eigenvalue weighted by atomic mass is 10.00. The molecule has 0 aromatic heterocycles. The molecular weight excluding hydrogens is 276 g/mol. The molecule has 1 heterocycles. The summed E-state index contributed by atoms with van der Waals surface area (Å²) in [4.78, 5) is 2.60. The van der Waals surface area contributed by atoms with Crippen LogP contribution < -0.4 is 5.32 Å². The first kappa shape index (κ1) is 13.1. The molecule has 1 atom stereocenters. The van der Waals surface area contributed by atoms with Crippen molar-refractivity contribution in [2.75, 3.05) is 19.6 Å². The van der Waals surface area contributed by atoms with Crippen LogP contribution in [0.3, 0.4) is 0 Å². The molecule has 1 aliphatic rings. The molecule has 17 heavy (non-hydrogen) atoms. The number of piperazine rings is 1. The summed E-state index contributed by atoms with van der Waals surface area (Å²) in [5.74, 6) is 0.707. The van der Waals surface area contributed by atoms with E-state index in [1.54, 1.807) is 0 Å². The summed E-state index contributed by atoms with van der Waals surface area (Å²) in [6.07, 6.45) is 0. The van der Waals surface area contributed by atoms with Gasteiger partial charge in [0.15, 0.2) is 0 Å². The number of nitrogens with one attached hydrogen (secondary N) is 1. The zero-order valence-corrected chi connectivity index (χ0v) is 12.2. The molecule has 1 N–H and O–H groups in total. The number of hydrogen-bond donors (Lipinski definition) is 1. The minimum atomic E-state index is 0.660. The van der Waals surface area contributed by atoms with Gasteiger partial charge in [-0.3, -0.25) is 4.90 Å². The highest BCUT2D eigenvalue weighted by molar-refractivity contribution is 9.10. The zero-order valence-electron chi connectivity index (χ0n) is 10.6. The molecule has 0 radical (unpaired) electrons. The van der Waals surface area contributed by atoms with Crippen molar-refractivity contribution < 1.29 is 0 Å². The molecule has 1 aromatic rings. The maximum Gasteiger partial charge on any atom is 0.0247 e. The maximum absolute atomic E-state index is 3.49. The molecule has 0 saturated carbocycles. The Morgan fingerprint density at radius 2 is 2.06 bits per heavy atom. The predicted molar refractivity (Wildman–Crippen MR) is 76.0 cm³/mol. The molecule has 1 fully saturated rings. The summed E-state index contributed by atoms with van der Waals surface area (Å²) in [5.41, 5.74) is 1.40. The highest BCUT2D eigenvalue weighted by atomic mass is 79.9. The van der Waals surface area contributed by atoms with Crippen molar-refractivity contribution in [1.82, 2.24) is 10.2 Å². The molecule has 0 aliphatic carbocycles. The first-order valence-corrected chi connectivity index (χ1v) is 7.15. The van der Waals surface area contributed by atoms with Crippen LogP contribution in [0.4, 0.5) is 0 Å². The van der Waals surface area contributed by atoms with Crippen LogP contribution in [0.5, 0.6) is 0 Å². The predicted octanol–water partition coefficient (Wildman–Crippen LogP) is 2.88. The largest absolute Gasteiger partial charge is 0.314 e. The number of halogens is 1. The van der Waals surface area contributed by atoms with Crippen molar-refractivity contribution in [3.8, 4) is 0 Å². The minimum absolute atomic E-state index is 0.660. The maximum atomic E-state index is 3.49. The summed E-state index contributed by atoms with van der Waals surface area (Å²) >= 11 is 3.48. The number of hydrogen-bond acceptors (Lipinski definition) is 2. The fourth-order valence-electron chi connectivity index (χ4n) is 2.45. The molecule has 2 rings (SSSR count). The molecule has 2 nitrogen and oxygen atoms in total. The van der Waals surface area contributed by atoms with Gasteiger partial charge >= 0.3 is 0 Å². The van der Waals surface area contributed by atoms with Gasteiger partial charge in [-0.15, -0.1) is 0 Å². The smallest absolute Gasteiger partial charge is 0.0247 e. The molecule has 0 amide bonds. The van der Waals surface area contributed by atoms with Crippen LogP contribution in [-0.2, 0) is 6.54 Å². The molecule has 1 saturated heterocycles. The second-order valence-corrected chi connectivity index (χ2v) is 6.03. The van der Waals surface area contributed by atoms with Gasteiger partial charge in [-0.1, -0.05) is 41.9 Å². The second kappa shape index (κ2) is 5.98. The number of benzene rings is 1. The van der Waals surface area contributed by atoms with E-state index < -0.39 is 0 Å². The van der Waals surface area contributed by atoms with Crippen LogP contribution in [0.15, 0.2) is 28.7 Å². The van der Waals surface area contributed by atoms with Crippen molar-refractivity contribution >= 4 is 15.9 Å². The molecule has 0 spiro atoms. The highest BCUT2D eigenvalue weighted by Gasteiger charge is 2.24. The van der Waals surface area contributed by atoms with Gasteiger partial charge in [-0.05, 0) is 23.6 Å². The van der Waals surface area contributed by atoms with E-state index in [0.717, 1.165) is 30.7 Å². The zero-order chi connectivity index (χ0) is 12.3. The van der Waals surface area contributed by atoms with Gasteiger partial charge in [0.05, 0.1) is 0 Å². The van der Waals surface area contributed by atoms with E-state index in [1.807, 2.05) is 0 Å². The van der Waals surface area contributed by atoms with E-state index in [1.165, 1.54) is 5.56 Å². The Labute approximate surface area is 113 Å². The third kappa shape index (κ3) is 3.54. The van der Waals surface area contributed by atoms with Gasteiger partial charge in [-0.25, -0.2) is 0 Å². The Kier molecular flexibility index (Phi) is 4.60. The Balaban J connectivity index is 2.02. The monoisotopic (exact) mass is 296 g/mol. The highest BCUT2D eigenvalue weighted by Crippen LogP contribution is 2.17. The van der Waals surface area contributed by atoms with Crippen molar-refractivity contribution in [3.05, 3.63) is 34.3 Å². The minimum Gasteiger partial charge on any atom is -0.314 e. The lowest BCUT2D eigenvalue weighted by Crippen LogP contribution is -2.52. The van der Waals surface area contributed by atoms with E-state index in [2.05, 4.69) is 64.3 Å². The lowest BCUT2D eigenvalue weighted by molar-refractivity contribution is 0.117. The summed E-state index contributed by atoms with van der Waals surface area (Å²) in [6.45, 7) is 9.07. The standard InChI is InChI=1S/C14H21BrN2/c1-11(2)14-9-16-7-8-17(14)10-12-3-5-13(15)6-4-12/h3-6,11,14,16H,7-10H2,1-2H3. The fourth-order valence-corrected chi connectivity index (χ4v) is 2.71. The molecular formula is C14H21BrN2. The van der Waals surface area contributed by atoms with Gasteiger partial charge in [0.1, 0.15) is 0 Å². The summed E-state index contributed by atoms with van der Waals surface area (Å²) in [6, 6.07) is 9.34. The second-order valence-electron chi connectivity index (χ2n) is 5.11. The van der Waals surface area contributed by atoms with Gasteiger partial charge in [-0.2, -0.15) is 0 Å². The summed E-state index contributed by atoms with van der Waals surface area (Å²) in [7, 11) is 0. The molecule has 1 aromatic carbocycles. The van der Waals surface area contributed by atoms with Crippen molar-refractivity contribution in [1.29, 1.82) is 0 Å². The summed E-state index contributed by atoms with van der Waals surface area (Å²) in [5, 5.41) is 3.49. The lowest BCUT2D eigenvalue weighted by Gasteiger charge is -2.38. The van der Waals surface area contributed by atoms with Crippen LogP contribution >= 0.6 is 15.9 Å². The average Bonchev–Trinajstić information content (AvgIpc) is 2.32. The van der Waals surface area contributed by atoms with Crippen molar-refractivity contribution in [2.24, 2.45) is 5.92 Å². The third-order valence-electron chi connectivity index (χ3n) is 3.47. The number of nitrogens with zero attached hydrogens (tertiary/aromatic N) is 1. The van der Waals surface area contributed by atoms with E-state index in [-0.39, 0.29) is 0 Å². The van der Waals surface area contributed by atoms with Crippen LogP contribution in [0.25, 0.3) is 0 Å². The van der Waals surface area contributed by atoms with E-state index >= 15 is 0 Å². The Morgan fingerprint density at radius 3 is 2.71 bits per heavy atom. The topological polar surface area (TPSA) is 15.3 Å². The quantitative estimate of drug-likeness (QED) is 0.923. The van der Waals surface area contributed by atoms with E-state index in [4.69, 9.17) is 0 Å². The molecule has 0 bridgehead atoms. The van der Waals surface area contributed by atoms with E-state index in [9.17, 15) is 0 Å². The van der Waals surface area contributed by atoms with Crippen molar-refractivity contribution in [3.63, 3.8) is 0 Å². The van der Waals surface area contributed by atoms with Gasteiger partial charge < -0.3 is 5.32 Å². The molecule has 1 aliphatic heterocycles. The molecule has 3 heteroatoms. The molecule has 1 unspecified atom stereocenters. The Hall–Kier alpha value is -0.380. The van der Waals surface area contributed by atoms with E-state index in [0.29, 0.717) is 12.0 Å². The van der Waals surface area contributed by atoms with Crippen molar-refractivity contribution in [2.45, 2.75) is 26.4 Å². The normalized spacial score (nSPS) is 22.0. The van der Waals surface area contributed by atoms with Gasteiger partial charge in [0, 0.05) is 36.7 Å². The summed E-state index contributed by atoms with van der Waals surface area (Å²) < 4.78 is 1.15. The van der Waals surface area contributed by atoms with Crippen LogP contribution in [0.2, 0.25) is 0 Å². The van der Waals surface area contributed by atoms with Crippen LogP contribution in [0.1, 0.15) is 19.4 Å². The van der Waals surface area contributed by atoms with Crippen LogP contribution in [0, 0.1) is 5.92 Å². The number of rotatable bonds is 3. The SMILES string of the molecule is CC(C)C1CNCCN1Cc1ccc(Br)cc1. The Morgan fingerprint density at radius 1 is 1.35 bits per heavy atom. The third-order valence-corrected chi connectivity index (χ3v) is 4.00. The molecule has 94 valence electrons. The first-order valence-electron chi connectivity index (χ1n) is 6.36. The van der Waals surface area contributed by atoms with Crippen LogP contribution in [-0.4, -0.2) is 30.6 Å². The first-order chi connectivity index (χ1) is 8.16. The Bertz CT molecular complexity index is 348. The van der Waals surface area contributed by atoms with Gasteiger partial charge in [0.25, 0.3) is 0 Å². The average molecular weight is 297 g/mol.